The van der Waals surface area contributed by atoms with Crippen LogP contribution in [0.1, 0.15) is 19.4 Å². The van der Waals surface area contributed by atoms with E-state index in [4.69, 9.17) is 34.3 Å². The second-order valence-electron chi connectivity index (χ2n) is 3.89. The van der Waals surface area contributed by atoms with E-state index in [1.807, 2.05) is 32.9 Å². The average molecular weight is 244 g/mol. The largest absolute Gasteiger partial charge is 0.480 e. The summed E-state index contributed by atoms with van der Waals surface area (Å²) in [5.41, 5.74) is 5.90. The van der Waals surface area contributed by atoms with Crippen LogP contribution in [0.25, 0.3) is 0 Å². The van der Waals surface area contributed by atoms with Gasteiger partial charge in [0, 0.05) is 5.02 Å². The molecule has 0 amide bonds. The number of hydrogen-bond donors (Lipinski definition) is 1. The zero-order valence-corrected chi connectivity index (χ0v) is 10.6. The zero-order chi connectivity index (χ0) is 11.6. The predicted molar refractivity (Wildman–Crippen MR) is 67.7 cm³/mol. The third-order valence-electron chi connectivity index (χ3n) is 2.10. The van der Waals surface area contributed by atoms with Gasteiger partial charge < -0.3 is 10.5 Å². The molecule has 82 valence electrons. The van der Waals surface area contributed by atoms with Crippen molar-refractivity contribution in [1.29, 1.82) is 0 Å². The number of rotatable bonds is 3. The maximum absolute atomic E-state index is 5.84. The Kier molecular flexibility index (Phi) is 3.58. The van der Waals surface area contributed by atoms with Crippen molar-refractivity contribution in [2.24, 2.45) is 5.73 Å². The summed E-state index contributed by atoms with van der Waals surface area (Å²) in [6, 6.07) is 5.43. The highest BCUT2D eigenvalue weighted by atomic mass is 35.5. The smallest absolute Gasteiger partial charge is 0.153 e. The van der Waals surface area contributed by atoms with Crippen LogP contribution in [0.15, 0.2) is 18.2 Å². The predicted octanol–water partition coefficient (Wildman–Crippen LogP) is 3.09. The lowest BCUT2D eigenvalue weighted by Gasteiger charge is -2.26. The summed E-state index contributed by atoms with van der Waals surface area (Å²) in [4.78, 5) is 0.330. The van der Waals surface area contributed by atoms with Crippen LogP contribution in [0.2, 0.25) is 5.02 Å². The van der Waals surface area contributed by atoms with E-state index in [0.29, 0.717) is 10.0 Å². The molecule has 2 N–H and O–H groups in total. The molecule has 0 aliphatic carbocycles. The zero-order valence-electron chi connectivity index (χ0n) is 9.00. The maximum atomic E-state index is 5.84. The Labute approximate surface area is 100 Å². The van der Waals surface area contributed by atoms with E-state index < -0.39 is 5.60 Å². The molecule has 1 aromatic rings. The molecule has 4 heteroatoms. The molecule has 2 nitrogen and oxygen atoms in total. The normalized spacial score (nSPS) is 11.2. The monoisotopic (exact) mass is 243 g/mol. The minimum absolute atomic E-state index is 0.330. The number of thiocarbonyl (C=S) groups is 1. The minimum atomic E-state index is -0.645. The van der Waals surface area contributed by atoms with Crippen molar-refractivity contribution in [3.8, 4) is 5.75 Å². The number of nitrogens with two attached hydrogens (primary N) is 1. The molecule has 0 saturated carbocycles. The molecule has 15 heavy (non-hydrogen) atoms. The van der Waals surface area contributed by atoms with E-state index in [9.17, 15) is 0 Å². The summed E-state index contributed by atoms with van der Waals surface area (Å²) in [7, 11) is 0. The van der Waals surface area contributed by atoms with Crippen molar-refractivity contribution in [2.45, 2.75) is 26.4 Å². The fraction of sp³-hybridized carbons (Fsp3) is 0.364. The van der Waals surface area contributed by atoms with Gasteiger partial charge in [-0.3, -0.25) is 0 Å². The molecule has 0 aliphatic rings. The Morgan fingerprint density at radius 3 is 2.53 bits per heavy atom. The fourth-order valence-corrected chi connectivity index (χ4v) is 1.32. The van der Waals surface area contributed by atoms with Gasteiger partial charge in [-0.05, 0) is 44.5 Å². The third-order valence-corrected chi connectivity index (χ3v) is 2.82. The highest BCUT2D eigenvalue weighted by Crippen LogP contribution is 2.25. The summed E-state index contributed by atoms with van der Waals surface area (Å²) in [6.07, 6.45) is 0. The van der Waals surface area contributed by atoms with Gasteiger partial charge in [0.2, 0.25) is 0 Å². The lowest BCUT2D eigenvalue weighted by atomic mass is 10.1. The molecule has 0 fully saturated rings. The van der Waals surface area contributed by atoms with Crippen molar-refractivity contribution in [3.05, 3.63) is 28.8 Å². The topological polar surface area (TPSA) is 35.2 Å². The number of ether oxygens (including phenoxy) is 1. The molecule has 0 bridgehead atoms. The van der Waals surface area contributed by atoms with Gasteiger partial charge in [-0.2, -0.15) is 0 Å². The second kappa shape index (κ2) is 4.37. The first-order valence-electron chi connectivity index (χ1n) is 4.58. The SMILES string of the molecule is Cc1cc(Cl)ccc1OC(C)(C)C(N)=S. The van der Waals surface area contributed by atoms with Gasteiger partial charge >= 0.3 is 0 Å². The number of halogens is 1. The van der Waals surface area contributed by atoms with Crippen molar-refractivity contribution < 1.29 is 4.74 Å². The van der Waals surface area contributed by atoms with Gasteiger partial charge in [0.25, 0.3) is 0 Å². The molecule has 0 unspecified atom stereocenters. The highest BCUT2D eigenvalue weighted by molar-refractivity contribution is 7.80. The second-order valence-corrected chi connectivity index (χ2v) is 4.76. The molecule has 0 atom stereocenters. The van der Waals surface area contributed by atoms with Crippen LogP contribution in [-0.4, -0.2) is 10.6 Å². The summed E-state index contributed by atoms with van der Waals surface area (Å²) >= 11 is 10.8. The van der Waals surface area contributed by atoms with Gasteiger partial charge in [0.05, 0.1) is 0 Å². The van der Waals surface area contributed by atoms with Crippen molar-refractivity contribution in [1.82, 2.24) is 0 Å². The number of hydrogen-bond acceptors (Lipinski definition) is 2. The first-order chi connectivity index (χ1) is 6.83. The minimum Gasteiger partial charge on any atom is -0.480 e. The van der Waals surface area contributed by atoms with E-state index in [1.54, 1.807) is 6.07 Å². The molecular weight excluding hydrogens is 230 g/mol. The van der Waals surface area contributed by atoms with Crippen LogP contribution in [0.5, 0.6) is 5.75 Å². The van der Waals surface area contributed by atoms with Gasteiger partial charge in [-0.15, -0.1) is 0 Å². The van der Waals surface area contributed by atoms with Gasteiger partial charge in [-0.1, -0.05) is 23.8 Å². The molecule has 0 saturated heterocycles. The first-order valence-corrected chi connectivity index (χ1v) is 5.36. The molecular formula is C11H14ClNOS. The average Bonchev–Trinajstić information content (AvgIpc) is 2.09. The Morgan fingerprint density at radius 1 is 1.47 bits per heavy atom. The van der Waals surface area contributed by atoms with E-state index in [0.717, 1.165) is 11.3 Å². The molecule has 1 aromatic carbocycles. The van der Waals surface area contributed by atoms with Crippen molar-refractivity contribution in [2.75, 3.05) is 0 Å². The van der Waals surface area contributed by atoms with E-state index in [1.165, 1.54) is 0 Å². The lowest BCUT2D eigenvalue weighted by molar-refractivity contribution is 0.182. The quantitative estimate of drug-likeness (QED) is 0.829. The van der Waals surface area contributed by atoms with Gasteiger partial charge in [0.15, 0.2) is 5.60 Å². The standard InChI is InChI=1S/C11H14ClNOS/c1-7-6-8(12)4-5-9(7)14-11(2,3)10(13)15/h4-6H,1-3H3,(H2,13,15). The van der Waals surface area contributed by atoms with Crippen molar-refractivity contribution >= 4 is 28.8 Å². The summed E-state index contributed by atoms with van der Waals surface area (Å²) in [5.74, 6) is 0.747. The third kappa shape index (κ3) is 3.08. The first kappa shape index (κ1) is 12.3. The fourth-order valence-electron chi connectivity index (χ4n) is 1.05. The summed E-state index contributed by atoms with van der Waals surface area (Å²) in [6.45, 7) is 5.60. The Bertz CT molecular complexity index is 390. The molecule has 1 rings (SSSR count). The van der Waals surface area contributed by atoms with Crippen molar-refractivity contribution in [3.63, 3.8) is 0 Å². The van der Waals surface area contributed by atoms with Crippen LogP contribution in [0.3, 0.4) is 0 Å². The van der Waals surface area contributed by atoms with Gasteiger partial charge in [-0.25, -0.2) is 0 Å². The molecule has 0 radical (unpaired) electrons. The van der Waals surface area contributed by atoms with Crippen LogP contribution in [0.4, 0.5) is 0 Å². The van der Waals surface area contributed by atoms with Crippen LogP contribution < -0.4 is 10.5 Å². The van der Waals surface area contributed by atoms with Crippen LogP contribution in [-0.2, 0) is 0 Å². The lowest BCUT2D eigenvalue weighted by Crippen LogP contribution is -2.42. The summed E-state index contributed by atoms with van der Waals surface area (Å²) in [5, 5.41) is 0.688. The highest BCUT2D eigenvalue weighted by Gasteiger charge is 2.24. The number of benzene rings is 1. The Hall–Kier alpha value is -0.800. The molecule has 0 spiro atoms. The maximum Gasteiger partial charge on any atom is 0.153 e. The van der Waals surface area contributed by atoms with E-state index >= 15 is 0 Å². The van der Waals surface area contributed by atoms with E-state index in [2.05, 4.69) is 0 Å². The molecule has 0 aromatic heterocycles. The van der Waals surface area contributed by atoms with Gasteiger partial charge in [0.1, 0.15) is 10.7 Å². The molecule has 0 heterocycles. The molecule has 0 aliphatic heterocycles. The van der Waals surface area contributed by atoms with Crippen LogP contribution in [0, 0.1) is 6.92 Å². The Morgan fingerprint density at radius 2 is 2.07 bits per heavy atom. The summed E-state index contributed by atoms with van der Waals surface area (Å²) < 4.78 is 5.72. The van der Waals surface area contributed by atoms with Crippen LogP contribution >= 0.6 is 23.8 Å². The van der Waals surface area contributed by atoms with E-state index in [-0.39, 0.29) is 0 Å². The Balaban J connectivity index is 2.95. The number of aryl methyl sites for hydroxylation is 1.